The van der Waals surface area contributed by atoms with Crippen LogP contribution in [-0.4, -0.2) is 25.5 Å². The number of rotatable bonds is 3. The van der Waals surface area contributed by atoms with Crippen molar-refractivity contribution in [3.05, 3.63) is 78.2 Å². The van der Waals surface area contributed by atoms with Gasteiger partial charge in [-0.05, 0) is 48.9 Å². The molecule has 3 heterocycles. The molecule has 0 saturated heterocycles. The van der Waals surface area contributed by atoms with Gasteiger partial charge in [-0.15, -0.1) is 0 Å². The van der Waals surface area contributed by atoms with Crippen molar-refractivity contribution in [1.29, 1.82) is 0 Å². The lowest BCUT2D eigenvalue weighted by molar-refractivity contribution is 0.102. The van der Waals surface area contributed by atoms with Gasteiger partial charge in [-0.3, -0.25) is 4.79 Å². The Balaban J connectivity index is 1.39. The fourth-order valence-electron chi connectivity index (χ4n) is 3.02. The minimum absolute atomic E-state index is 0.263. The van der Waals surface area contributed by atoms with Gasteiger partial charge in [-0.1, -0.05) is 12.1 Å². The first-order valence-electron chi connectivity index (χ1n) is 8.75. The van der Waals surface area contributed by atoms with E-state index in [9.17, 15) is 4.79 Å². The van der Waals surface area contributed by atoms with E-state index in [1.807, 2.05) is 61.7 Å². The average Bonchev–Trinajstić information content (AvgIpc) is 3.32. The highest BCUT2D eigenvalue weighted by atomic mass is 16.3. The highest BCUT2D eigenvalue weighted by Gasteiger charge is 2.14. The van der Waals surface area contributed by atoms with Gasteiger partial charge in [-0.25, -0.2) is 14.5 Å². The molecule has 0 radical (unpaired) electrons. The molecule has 136 valence electrons. The normalized spacial score (nSPS) is 11.2. The molecule has 2 aromatic carbocycles. The van der Waals surface area contributed by atoms with Crippen LogP contribution in [0.3, 0.4) is 0 Å². The maximum atomic E-state index is 12.6. The zero-order valence-electron chi connectivity index (χ0n) is 15.0. The highest BCUT2D eigenvalue weighted by molar-refractivity contribution is 6.08. The summed E-state index contributed by atoms with van der Waals surface area (Å²) in [4.78, 5) is 21.4. The van der Waals surface area contributed by atoms with Gasteiger partial charge in [0.25, 0.3) is 5.91 Å². The van der Waals surface area contributed by atoms with E-state index in [-0.39, 0.29) is 5.91 Å². The van der Waals surface area contributed by atoms with E-state index < -0.39 is 0 Å². The number of nitrogens with one attached hydrogen (secondary N) is 1. The number of amides is 1. The van der Waals surface area contributed by atoms with Crippen molar-refractivity contribution in [1.82, 2.24) is 19.6 Å². The van der Waals surface area contributed by atoms with Gasteiger partial charge in [0.1, 0.15) is 11.1 Å². The zero-order valence-corrected chi connectivity index (χ0v) is 15.0. The van der Waals surface area contributed by atoms with Gasteiger partial charge >= 0.3 is 0 Å². The summed E-state index contributed by atoms with van der Waals surface area (Å²) >= 11 is 0. The summed E-state index contributed by atoms with van der Waals surface area (Å²) in [5, 5.41) is 7.06. The number of anilines is 1. The fourth-order valence-corrected chi connectivity index (χ4v) is 3.02. The number of aromatic nitrogens is 4. The van der Waals surface area contributed by atoms with Crippen molar-refractivity contribution >= 4 is 28.3 Å². The maximum absolute atomic E-state index is 12.6. The molecule has 7 nitrogen and oxygen atoms in total. The molecule has 1 N–H and O–H groups in total. The third-order valence-corrected chi connectivity index (χ3v) is 4.41. The molecule has 0 fully saturated rings. The van der Waals surface area contributed by atoms with E-state index in [0.29, 0.717) is 22.8 Å². The molecule has 28 heavy (non-hydrogen) atoms. The molecule has 0 aliphatic rings. The van der Waals surface area contributed by atoms with Crippen molar-refractivity contribution in [2.75, 3.05) is 5.32 Å². The standard InChI is InChI=1S/C21H15N5O2/c1-13-10-22-19-16(11-23-26(19)12-13)20(27)24-15-8-6-14(7-9-15)21-25-17-4-2-3-5-18(17)28-21/h2-12H,1H3,(H,24,27). The predicted molar refractivity (Wildman–Crippen MR) is 105 cm³/mol. The molecule has 5 rings (SSSR count). The first-order valence-corrected chi connectivity index (χ1v) is 8.75. The first kappa shape index (κ1) is 16.2. The molecule has 1 amide bonds. The van der Waals surface area contributed by atoms with E-state index in [1.165, 1.54) is 6.20 Å². The van der Waals surface area contributed by atoms with Crippen molar-refractivity contribution in [2.24, 2.45) is 0 Å². The average molecular weight is 369 g/mol. The monoisotopic (exact) mass is 369 g/mol. The Bertz CT molecular complexity index is 1280. The van der Waals surface area contributed by atoms with Crippen LogP contribution in [0.15, 0.2) is 71.5 Å². The van der Waals surface area contributed by atoms with Gasteiger partial charge in [-0.2, -0.15) is 5.10 Å². The number of carbonyl (C=O) groups is 1. The molecule has 3 aromatic heterocycles. The number of nitrogens with zero attached hydrogens (tertiary/aromatic N) is 4. The minimum atomic E-state index is -0.263. The zero-order chi connectivity index (χ0) is 19.1. The second-order valence-electron chi connectivity index (χ2n) is 6.48. The summed E-state index contributed by atoms with van der Waals surface area (Å²) in [5.74, 6) is 0.280. The molecule has 0 spiro atoms. The largest absolute Gasteiger partial charge is 0.436 e. The van der Waals surface area contributed by atoms with Crippen molar-refractivity contribution in [3.63, 3.8) is 0 Å². The minimum Gasteiger partial charge on any atom is -0.436 e. The first-order chi connectivity index (χ1) is 13.7. The highest BCUT2D eigenvalue weighted by Crippen LogP contribution is 2.25. The van der Waals surface area contributed by atoms with Crippen molar-refractivity contribution < 1.29 is 9.21 Å². The SMILES string of the molecule is Cc1cnc2c(C(=O)Nc3ccc(-c4nc5ccccc5o4)cc3)cnn2c1. The van der Waals surface area contributed by atoms with Crippen molar-refractivity contribution in [2.45, 2.75) is 6.92 Å². The summed E-state index contributed by atoms with van der Waals surface area (Å²) in [7, 11) is 0. The van der Waals surface area contributed by atoms with Crippen LogP contribution < -0.4 is 5.32 Å². The molecule has 0 aliphatic heterocycles. The summed E-state index contributed by atoms with van der Waals surface area (Å²) < 4.78 is 7.37. The van der Waals surface area contributed by atoms with Crippen LogP contribution in [0.5, 0.6) is 0 Å². The van der Waals surface area contributed by atoms with Gasteiger partial charge < -0.3 is 9.73 Å². The van der Waals surface area contributed by atoms with E-state index in [1.54, 1.807) is 10.7 Å². The Hall–Kier alpha value is -4.00. The second kappa shape index (κ2) is 6.31. The molecular formula is C21H15N5O2. The maximum Gasteiger partial charge on any atom is 0.261 e. The Kier molecular flexibility index (Phi) is 3.65. The fraction of sp³-hybridized carbons (Fsp3) is 0.0476. The lowest BCUT2D eigenvalue weighted by Gasteiger charge is -2.04. The lowest BCUT2D eigenvalue weighted by atomic mass is 10.2. The van der Waals surface area contributed by atoms with Crippen LogP contribution in [-0.2, 0) is 0 Å². The number of carbonyl (C=O) groups excluding carboxylic acids is 1. The number of benzene rings is 2. The van der Waals surface area contributed by atoms with Crippen LogP contribution in [0.2, 0.25) is 0 Å². The van der Waals surface area contributed by atoms with Crippen LogP contribution in [0.25, 0.3) is 28.2 Å². The number of aryl methyl sites for hydroxylation is 1. The van der Waals surface area contributed by atoms with Crippen molar-refractivity contribution in [3.8, 4) is 11.5 Å². The van der Waals surface area contributed by atoms with Crippen LogP contribution in [0.4, 0.5) is 5.69 Å². The van der Waals surface area contributed by atoms with Gasteiger partial charge in [0.15, 0.2) is 11.2 Å². The van der Waals surface area contributed by atoms with E-state index >= 15 is 0 Å². The summed E-state index contributed by atoms with van der Waals surface area (Å²) in [6.07, 6.45) is 5.06. The molecule has 0 bridgehead atoms. The van der Waals surface area contributed by atoms with Gasteiger partial charge in [0, 0.05) is 23.6 Å². The molecule has 0 atom stereocenters. The molecule has 0 unspecified atom stereocenters. The number of hydrogen-bond donors (Lipinski definition) is 1. The molecule has 0 aliphatic carbocycles. The molecular weight excluding hydrogens is 354 g/mol. The Morgan fingerprint density at radius 3 is 2.71 bits per heavy atom. The molecule has 7 heteroatoms. The topological polar surface area (TPSA) is 85.3 Å². The number of para-hydroxylation sites is 2. The van der Waals surface area contributed by atoms with Crippen LogP contribution in [0, 0.1) is 6.92 Å². The molecule has 0 saturated carbocycles. The predicted octanol–water partition coefficient (Wildman–Crippen LogP) is 4.10. The van der Waals surface area contributed by atoms with E-state index in [0.717, 1.165) is 22.2 Å². The third kappa shape index (κ3) is 2.79. The van der Waals surface area contributed by atoms with Gasteiger partial charge in [0.2, 0.25) is 5.89 Å². The van der Waals surface area contributed by atoms with E-state index in [4.69, 9.17) is 4.42 Å². The van der Waals surface area contributed by atoms with Crippen LogP contribution in [0.1, 0.15) is 15.9 Å². The summed E-state index contributed by atoms with van der Waals surface area (Å²) in [6.45, 7) is 1.92. The van der Waals surface area contributed by atoms with Gasteiger partial charge in [0.05, 0.1) is 6.20 Å². The summed E-state index contributed by atoms with van der Waals surface area (Å²) in [5.41, 5.74) is 4.96. The quantitative estimate of drug-likeness (QED) is 0.517. The molecule has 5 aromatic rings. The second-order valence-corrected chi connectivity index (χ2v) is 6.48. The third-order valence-electron chi connectivity index (χ3n) is 4.41. The number of fused-ring (bicyclic) bond motifs is 2. The Labute approximate surface area is 159 Å². The Morgan fingerprint density at radius 1 is 1.07 bits per heavy atom. The Morgan fingerprint density at radius 2 is 1.89 bits per heavy atom. The number of hydrogen-bond acceptors (Lipinski definition) is 5. The van der Waals surface area contributed by atoms with E-state index in [2.05, 4.69) is 20.4 Å². The lowest BCUT2D eigenvalue weighted by Crippen LogP contribution is -2.12. The summed E-state index contributed by atoms with van der Waals surface area (Å²) in [6, 6.07) is 15.0. The number of oxazole rings is 1. The van der Waals surface area contributed by atoms with Crippen LogP contribution >= 0.6 is 0 Å². The smallest absolute Gasteiger partial charge is 0.261 e.